The summed E-state index contributed by atoms with van der Waals surface area (Å²) in [6.45, 7) is 3.16. The number of aliphatic hydroxyl groups excluding tert-OH is 1. The number of aliphatic hydroxyl groups is 1. The molecule has 0 atom stereocenters. The molecule has 1 aliphatic carbocycles. The molecule has 0 radical (unpaired) electrons. The standard InChI is InChI=1S/C14H26N2O2/c17-11-10-16(13-6-5-7-13)12-14(18)15-8-3-1-2-4-9-15/h13,17H,1-12H2. The van der Waals surface area contributed by atoms with Crippen LogP contribution in [0.4, 0.5) is 0 Å². The van der Waals surface area contributed by atoms with Gasteiger partial charge in [0.15, 0.2) is 0 Å². The van der Waals surface area contributed by atoms with Crippen molar-refractivity contribution < 1.29 is 9.90 Å². The molecule has 0 bridgehead atoms. The highest BCUT2D eigenvalue weighted by molar-refractivity contribution is 5.78. The number of amides is 1. The van der Waals surface area contributed by atoms with Gasteiger partial charge in [0.25, 0.3) is 0 Å². The summed E-state index contributed by atoms with van der Waals surface area (Å²) < 4.78 is 0. The first-order chi connectivity index (χ1) is 8.81. The van der Waals surface area contributed by atoms with Gasteiger partial charge < -0.3 is 10.0 Å². The number of carbonyl (C=O) groups excluding carboxylic acids is 1. The molecule has 1 aliphatic heterocycles. The van der Waals surface area contributed by atoms with Crippen LogP contribution in [0.1, 0.15) is 44.9 Å². The molecule has 4 heteroatoms. The normalized spacial score (nSPS) is 21.8. The number of hydrogen-bond donors (Lipinski definition) is 1. The third kappa shape index (κ3) is 3.69. The van der Waals surface area contributed by atoms with E-state index in [-0.39, 0.29) is 12.5 Å². The van der Waals surface area contributed by atoms with Gasteiger partial charge in [0.1, 0.15) is 0 Å². The molecule has 0 spiro atoms. The van der Waals surface area contributed by atoms with E-state index in [2.05, 4.69) is 4.90 Å². The topological polar surface area (TPSA) is 43.8 Å². The molecule has 1 saturated carbocycles. The first kappa shape index (κ1) is 13.8. The lowest BCUT2D eigenvalue weighted by Crippen LogP contribution is -2.48. The van der Waals surface area contributed by atoms with E-state index in [4.69, 9.17) is 5.11 Å². The van der Waals surface area contributed by atoms with Crippen molar-refractivity contribution in [2.75, 3.05) is 32.8 Å². The van der Waals surface area contributed by atoms with Crippen LogP contribution in [-0.2, 0) is 4.79 Å². The maximum absolute atomic E-state index is 12.3. The maximum Gasteiger partial charge on any atom is 0.236 e. The second-order valence-electron chi connectivity index (χ2n) is 5.57. The minimum absolute atomic E-state index is 0.157. The van der Waals surface area contributed by atoms with Crippen LogP contribution in [0.3, 0.4) is 0 Å². The quantitative estimate of drug-likeness (QED) is 0.802. The zero-order chi connectivity index (χ0) is 12.8. The Kier molecular flexibility index (Phi) is 5.45. The van der Waals surface area contributed by atoms with Gasteiger partial charge in [0.2, 0.25) is 5.91 Å². The second kappa shape index (κ2) is 7.10. The van der Waals surface area contributed by atoms with E-state index in [1.54, 1.807) is 0 Å². The molecule has 104 valence electrons. The lowest BCUT2D eigenvalue weighted by Gasteiger charge is -2.37. The minimum Gasteiger partial charge on any atom is -0.395 e. The highest BCUT2D eigenvalue weighted by Gasteiger charge is 2.27. The number of carbonyl (C=O) groups is 1. The maximum atomic E-state index is 12.3. The van der Waals surface area contributed by atoms with E-state index >= 15 is 0 Å². The Morgan fingerprint density at radius 3 is 2.28 bits per heavy atom. The van der Waals surface area contributed by atoms with Crippen molar-refractivity contribution in [2.24, 2.45) is 0 Å². The fourth-order valence-electron chi connectivity index (χ4n) is 2.86. The fourth-order valence-corrected chi connectivity index (χ4v) is 2.86. The van der Waals surface area contributed by atoms with Crippen LogP contribution in [0.5, 0.6) is 0 Å². The van der Waals surface area contributed by atoms with Crippen LogP contribution in [0, 0.1) is 0 Å². The van der Waals surface area contributed by atoms with Gasteiger partial charge in [0.05, 0.1) is 13.2 Å². The Morgan fingerprint density at radius 2 is 1.78 bits per heavy atom. The predicted octanol–water partition coefficient (Wildman–Crippen LogP) is 1.24. The Labute approximate surface area is 110 Å². The van der Waals surface area contributed by atoms with Gasteiger partial charge in [-0.15, -0.1) is 0 Å². The van der Waals surface area contributed by atoms with Gasteiger partial charge in [-0.05, 0) is 25.7 Å². The van der Waals surface area contributed by atoms with Crippen LogP contribution >= 0.6 is 0 Å². The molecule has 0 aromatic carbocycles. The fraction of sp³-hybridized carbons (Fsp3) is 0.929. The molecule has 0 aromatic heterocycles. The van der Waals surface area contributed by atoms with Crippen molar-refractivity contribution in [3.05, 3.63) is 0 Å². The molecule has 4 nitrogen and oxygen atoms in total. The molecule has 0 aromatic rings. The molecule has 2 rings (SSSR count). The monoisotopic (exact) mass is 254 g/mol. The van der Waals surface area contributed by atoms with E-state index in [0.29, 0.717) is 19.1 Å². The zero-order valence-corrected chi connectivity index (χ0v) is 11.3. The van der Waals surface area contributed by atoms with Gasteiger partial charge in [-0.1, -0.05) is 19.3 Å². The summed E-state index contributed by atoms with van der Waals surface area (Å²) in [6, 6.07) is 0.535. The van der Waals surface area contributed by atoms with Crippen molar-refractivity contribution in [3.63, 3.8) is 0 Å². The summed E-state index contributed by atoms with van der Waals surface area (Å²) in [5, 5.41) is 9.11. The van der Waals surface area contributed by atoms with Gasteiger partial charge in [-0.2, -0.15) is 0 Å². The number of rotatable bonds is 5. The number of hydrogen-bond acceptors (Lipinski definition) is 3. The molecule has 2 fully saturated rings. The van der Waals surface area contributed by atoms with Crippen molar-refractivity contribution in [2.45, 2.75) is 51.0 Å². The molecule has 1 heterocycles. The van der Waals surface area contributed by atoms with Crippen LogP contribution in [0.15, 0.2) is 0 Å². The van der Waals surface area contributed by atoms with Crippen molar-refractivity contribution >= 4 is 5.91 Å². The van der Waals surface area contributed by atoms with Crippen LogP contribution < -0.4 is 0 Å². The van der Waals surface area contributed by atoms with E-state index in [0.717, 1.165) is 25.9 Å². The Bertz CT molecular complexity index is 259. The Balaban J connectivity index is 1.82. The number of nitrogens with zero attached hydrogens (tertiary/aromatic N) is 2. The van der Waals surface area contributed by atoms with Crippen molar-refractivity contribution in [3.8, 4) is 0 Å². The third-order valence-corrected chi connectivity index (χ3v) is 4.28. The minimum atomic E-state index is 0.157. The summed E-state index contributed by atoms with van der Waals surface area (Å²) in [4.78, 5) is 16.5. The highest BCUT2D eigenvalue weighted by atomic mass is 16.3. The summed E-state index contributed by atoms with van der Waals surface area (Å²) in [6.07, 6.45) is 8.45. The summed E-state index contributed by atoms with van der Waals surface area (Å²) in [5.74, 6) is 0.261. The average Bonchev–Trinajstić information content (AvgIpc) is 2.55. The molecule has 1 N–H and O–H groups in total. The lowest BCUT2D eigenvalue weighted by atomic mass is 9.91. The van der Waals surface area contributed by atoms with Gasteiger partial charge in [0, 0.05) is 25.7 Å². The van der Waals surface area contributed by atoms with Gasteiger partial charge in [-0.3, -0.25) is 9.69 Å². The first-order valence-corrected chi connectivity index (χ1v) is 7.44. The van der Waals surface area contributed by atoms with Crippen LogP contribution in [0.25, 0.3) is 0 Å². The average molecular weight is 254 g/mol. The SMILES string of the molecule is O=C(CN(CCO)C1CCC1)N1CCCCCC1. The predicted molar refractivity (Wildman–Crippen MR) is 71.3 cm³/mol. The van der Waals surface area contributed by atoms with E-state index in [1.807, 2.05) is 4.90 Å². The third-order valence-electron chi connectivity index (χ3n) is 4.28. The summed E-state index contributed by atoms with van der Waals surface area (Å²) >= 11 is 0. The molecule has 1 saturated heterocycles. The molecule has 1 amide bonds. The lowest BCUT2D eigenvalue weighted by molar-refractivity contribution is -0.133. The van der Waals surface area contributed by atoms with E-state index in [1.165, 1.54) is 32.1 Å². The van der Waals surface area contributed by atoms with Gasteiger partial charge in [-0.25, -0.2) is 0 Å². The summed E-state index contributed by atoms with van der Waals surface area (Å²) in [7, 11) is 0. The highest BCUT2D eigenvalue weighted by Crippen LogP contribution is 2.24. The molecular weight excluding hydrogens is 228 g/mol. The smallest absolute Gasteiger partial charge is 0.236 e. The molecule has 0 unspecified atom stereocenters. The Morgan fingerprint density at radius 1 is 1.11 bits per heavy atom. The van der Waals surface area contributed by atoms with Crippen LogP contribution in [-0.4, -0.2) is 59.6 Å². The van der Waals surface area contributed by atoms with E-state index in [9.17, 15) is 4.79 Å². The number of likely N-dealkylation sites (tertiary alicyclic amines) is 1. The largest absolute Gasteiger partial charge is 0.395 e. The zero-order valence-electron chi connectivity index (χ0n) is 11.3. The van der Waals surface area contributed by atoms with Crippen molar-refractivity contribution in [1.82, 2.24) is 9.80 Å². The van der Waals surface area contributed by atoms with Crippen LogP contribution in [0.2, 0.25) is 0 Å². The summed E-state index contributed by atoms with van der Waals surface area (Å²) in [5.41, 5.74) is 0. The van der Waals surface area contributed by atoms with Gasteiger partial charge >= 0.3 is 0 Å². The van der Waals surface area contributed by atoms with E-state index < -0.39 is 0 Å². The molecular formula is C14H26N2O2. The second-order valence-corrected chi connectivity index (χ2v) is 5.57. The molecule has 2 aliphatic rings. The Hall–Kier alpha value is -0.610. The van der Waals surface area contributed by atoms with Crippen molar-refractivity contribution in [1.29, 1.82) is 0 Å². The first-order valence-electron chi connectivity index (χ1n) is 7.44. The molecule has 18 heavy (non-hydrogen) atoms.